The van der Waals surface area contributed by atoms with Crippen LogP contribution in [0.1, 0.15) is 80.1 Å². The maximum Gasteiger partial charge on any atom is -0.00187 e. The van der Waals surface area contributed by atoms with Crippen LogP contribution in [0.15, 0.2) is 0 Å². The van der Waals surface area contributed by atoms with Crippen molar-refractivity contribution in [1.82, 2.24) is 9.80 Å². The van der Waals surface area contributed by atoms with Crippen LogP contribution in [0.25, 0.3) is 0 Å². The van der Waals surface area contributed by atoms with Gasteiger partial charge < -0.3 is 9.80 Å². The lowest BCUT2D eigenvalue weighted by molar-refractivity contribution is 0.229. The molecule has 0 saturated carbocycles. The second kappa shape index (κ2) is 18.9. The van der Waals surface area contributed by atoms with Crippen molar-refractivity contribution in [2.24, 2.45) is 0 Å². The molecule has 1 saturated heterocycles. The first-order valence-electron chi connectivity index (χ1n) is 9.23. The van der Waals surface area contributed by atoms with Gasteiger partial charge in [0, 0.05) is 0 Å². The van der Waals surface area contributed by atoms with E-state index in [9.17, 15) is 0 Å². The predicted octanol–water partition coefficient (Wildman–Crippen LogP) is 5.04. The zero-order valence-corrected chi connectivity index (χ0v) is 15.4. The Morgan fingerprint density at radius 2 is 1.25 bits per heavy atom. The van der Waals surface area contributed by atoms with Gasteiger partial charge in [0.15, 0.2) is 0 Å². The summed E-state index contributed by atoms with van der Waals surface area (Å²) in [6, 6.07) is 0. The van der Waals surface area contributed by atoms with Crippen LogP contribution in [0.4, 0.5) is 0 Å². The summed E-state index contributed by atoms with van der Waals surface area (Å²) in [6.07, 6.45) is 8.21. The third-order valence-electron chi connectivity index (χ3n) is 3.52. The van der Waals surface area contributed by atoms with Gasteiger partial charge in [0.2, 0.25) is 0 Å². The Bertz CT molecular complexity index is 136. The zero-order valence-electron chi connectivity index (χ0n) is 15.4. The largest absolute Gasteiger partial charge is 0.304 e. The maximum atomic E-state index is 2.57. The van der Waals surface area contributed by atoms with E-state index in [0.717, 1.165) is 0 Å². The first-order chi connectivity index (χ1) is 9.78. The molecule has 0 bridgehead atoms. The SMILES string of the molecule is CC.CCCN(CC)CCC.CCCN1CCCCC1. The van der Waals surface area contributed by atoms with Crippen LogP contribution in [0.5, 0.6) is 0 Å². The fourth-order valence-corrected chi connectivity index (χ4v) is 2.56. The van der Waals surface area contributed by atoms with Crippen LogP contribution < -0.4 is 0 Å². The first-order valence-corrected chi connectivity index (χ1v) is 9.23. The molecule has 0 N–H and O–H groups in total. The average molecular weight is 287 g/mol. The molecule has 0 unspecified atom stereocenters. The quantitative estimate of drug-likeness (QED) is 0.647. The van der Waals surface area contributed by atoms with Crippen molar-refractivity contribution >= 4 is 0 Å². The highest BCUT2D eigenvalue weighted by Gasteiger charge is 2.07. The molecule has 0 atom stereocenters. The summed E-state index contributed by atoms with van der Waals surface area (Å²) < 4.78 is 0. The normalized spacial score (nSPS) is 15.2. The van der Waals surface area contributed by atoms with Crippen molar-refractivity contribution in [2.75, 3.05) is 39.3 Å². The molecule has 1 aliphatic rings. The summed E-state index contributed by atoms with van der Waals surface area (Å²) in [4.78, 5) is 5.06. The second-order valence-corrected chi connectivity index (χ2v) is 5.34. The molecule has 0 aliphatic carbocycles. The molecular formula is C18H42N2. The summed E-state index contributed by atoms with van der Waals surface area (Å²) in [6.45, 7) is 20.7. The van der Waals surface area contributed by atoms with Crippen molar-refractivity contribution < 1.29 is 0 Å². The number of piperidine rings is 1. The van der Waals surface area contributed by atoms with E-state index in [2.05, 4.69) is 37.5 Å². The molecule has 0 radical (unpaired) electrons. The molecular weight excluding hydrogens is 244 g/mol. The minimum Gasteiger partial charge on any atom is -0.304 e. The summed E-state index contributed by atoms with van der Waals surface area (Å²) in [5.41, 5.74) is 0. The Kier molecular flexibility index (Phi) is 21.0. The third-order valence-corrected chi connectivity index (χ3v) is 3.52. The van der Waals surface area contributed by atoms with Gasteiger partial charge in [0.05, 0.1) is 0 Å². The van der Waals surface area contributed by atoms with E-state index >= 15 is 0 Å². The summed E-state index contributed by atoms with van der Waals surface area (Å²) in [5, 5.41) is 0. The monoisotopic (exact) mass is 286 g/mol. The molecule has 0 aromatic rings. The number of rotatable bonds is 7. The maximum absolute atomic E-state index is 2.57. The molecule has 1 aliphatic heterocycles. The van der Waals surface area contributed by atoms with Gasteiger partial charge in [-0.05, 0) is 71.4 Å². The van der Waals surface area contributed by atoms with Gasteiger partial charge in [-0.25, -0.2) is 0 Å². The minimum atomic E-state index is 1.21. The van der Waals surface area contributed by atoms with Crippen molar-refractivity contribution in [3.63, 3.8) is 0 Å². The van der Waals surface area contributed by atoms with Crippen molar-refractivity contribution in [2.45, 2.75) is 80.1 Å². The first kappa shape index (κ1) is 22.2. The van der Waals surface area contributed by atoms with Crippen LogP contribution in [-0.2, 0) is 0 Å². The minimum absolute atomic E-state index is 1.21. The fraction of sp³-hybridized carbons (Fsp3) is 1.00. The molecule has 1 fully saturated rings. The molecule has 1 heterocycles. The van der Waals surface area contributed by atoms with E-state index in [0.29, 0.717) is 0 Å². The van der Waals surface area contributed by atoms with E-state index in [1.54, 1.807) is 0 Å². The summed E-state index contributed by atoms with van der Waals surface area (Å²) in [7, 11) is 0. The van der Waals surface area contributed by atoms with E-state index in [1.165, 1.54) is 77.8 Å². The molecule has 0 aromatic heterocycles. The van der Waals surface area contributed by atoms with Crippen molar-refractivity contribution in [3.05, 3.63) is 0 Å². The van der Waals surface area contributed by atoms with Gasteiger partial charge >= 0.3 is 0 Å². The van der Waals surface area contributed by atoms with Crippen LogP contribution in [0.2, 0.25) is 0 Å². The smallest absolute Gasteiger partial charge is 0.00187 e. The highest BCUT2D eigenvalue weighted by atomic mass is 15.1. The van der Waals surface area contributed by atoms with Gasteiger partial charge in [-0.2, -0.15) is 0 Å². The van der Waals surface area contributed by atoms with Crippen LogP contribution in [0, 0.1) is 0 Å². The molecule has 20 heavy (non-hydrogen) atoms. The van der Waals surface area contributed by atoms with E-state index in [-0.39, 0.29) is 0 Å². The molecule has 1 rings (SSSR count). The van der Waals surface area contributed by atoms with E-state index in [4.69, 9.17) is 0 Å². The van der Waals surface area contributed by atoms with Crippen LogP contribution in [-0.4, -0.2) is 49.1 Å². The Labute approximate surface area is 129 Å². The van der Waals surface area contributed by atoms with Crippen molar-refractivity contribution in [1.29, 1.82) is 0 Å². The van der Waals surface area contributed by atoms with Gasteiger partial charge in [0.1, 0.15) is 0 Å². The molecule has 0 spiro atoms. The molecule has 124 valence electrons. The van der Waals surface area contributed by atoms with E-state index < -0.39 is 0 Å². The third kappa shape index (κ3) is 14.3. The number of likely N-dealkylation sites (tertiary alicyclic amines) is 1. The summed E-state index contributed by atoms with van der Waals surface area (Å²) in [5.74, 6) is 0. The highest BCUT2D eigenvalue weighted by Crippen LogP contribution is 2.07. The lowest BCUT2D eigenvalue weighted by Gasteiger charge is -2.25. The molecule has 2 nitrogen and oxygen atoms in total. The molecule has 0 amide bonds. The second-order valence-electron chi connectivity index (χ2n) is 5.34. The van der Waals surface area contributed by atoms with E-state index in [1.807, 2.05) is 13.8 Å². The Morgan fingerprint density at radius 3 is 1.60 bits per heavy atom. The Morgan fingerprint density at radius 1 is 0.750 bits per heavy atom. The van der Waals surface area contributed by atoms with Crippen LogP contribution in [0.3, 0.4) is 0 Å². The fourth-order valence-electron chi connectivity index (χ4n) is 2.56. The summed E-state index contributed by atoms with van der Waals surface area (Å²) >= 11 is 0. The zero-order chi connectivity index (χ0) is 15.6. The number of hydrogen-bond donors (Lipinski definition) is 0. The van der Waals surface area contributed by atoms with Crippen LogP contribution >= 0.6 is 0 Å². The van der Waals surface area contributed by atoms with Gasteiger partial charge in [0.25, 0.3) is 0 Å². The van der Waals surface area contributed by atoms with Gasteiger partial charge in [-0.15, -0.1) is 0 Å². The average Bonchev–Trinajstić information content (AvgIpc) is 2.51. The molecule has 0 aromatic carbocycles. The van der Waals surface area contributed by atoms with Gasteiger partial charge in [-0.1, -0.05) is 48.0 Å². The Balaban J connectivity index is 0. The number of hydrogen-bond acceptors (Lipinski definition) is 2. The van der Waals surface area contributed by atoms with Gasteiger partial charge in [-0.3, -0.25) is 0 Å². The lowest BCUT2D eigenvalue weighted by Crippen LogP contribution is -2.30. The topological polar surface area (TPSA) is 6.48 Å². The highest BCUT2D eigenvalue weighted by molar-refractivity contribution is 4.62. The Hall–Kier alpha value is -0.0800. The standard InChI is InChI=1S/C8H17N.C8H19N.C2H6/c1-2-6-9-7-4-3-5-8-9;1-4-7-9(6-3)8-5-2;1-2/h2-8H2,1H3;4-8H2,1-3H3;1-2H3. The molecule has 2 heteroatoms. The lowest BCUT2D eigenvalue weighted by atomic mass is 10.1. The van der Waals surface area contributed by atoms with Crippen molar-refractivity contribution in [3.8, 4) is 0 Å². The predicted molar refractivity (Wildman–Crippen MR) is 94.6 cm³/mol. The number of nitrogens with zero attached hydrogens (tertiary/aromatic N) is 2.